The number of carbonyl (C=O) groups is 1. The molecule has 3 rings (SSSR count). The molecule has 2 aromatic carbocycles. The van der Waals surface area contributed by atoms with Gasteiger partial charge in [0.25, 0.3) is 0 Å². The molecule has 2 aromatic rings. The van der Waals surface area contributed by atoms with Crippen LogP contribution in [0.5, 0.6) is 5.75 Å². The van der Waals surface area contributed by atoms with Crippen LogP contribution in [0.3, 0.4) is 0 Å². The summed E-state index contributed by atoms with van der Waals surface area (Å²) < 4.78 is 32.7. The molecule has 0 saturated carbocycles. The van der Waals surface area contributed by atoms with E-state index in [0.717, 1.165) is 11.3 Å². The third-order valence-corrected chi connectivity index (χ3v) is 6.78. The molecule has 1 saturated heterocycles. The molecule has 6 nitrogen and oxygen atoms in total. The van der Waals surface area contributed by atoms with Crippen LogP contribution in [0.1, 0.15) is 32.3 Å². The number of piperidine rings is 1. The van der Waals surface area contributed by atoms with Crippen molar-refractivity contribution in [2.24, 2.45) is 5.92 Å². The van der Waals surface area contributed by atoms with Gasteiger partial charge in [0.2, 0.25) is 15.9 Å². The third kappa shape index (κ3) is 5.58. The molecular formula is C22H28N2O4S. The van der Waals surface area contributed by atoms with Gasteiger partial charge in [-0.15, -0.1) is 0 Å². The number of carbonyl (C=O) groups excluding carboxylic acids is 1. The Kier molecular flexibility index (Phi) is 6.92. The zero-order chi connectivity index (χ0) is 20.9. The predicted molar refractivity (Wildman–Crippen MR) is 112 cm³/mol. The van der Waals surface area contributed by atoms with Crippen molar-refractivity contribution < 1.29 is 17.9 Å². The van der Waals surface area contributed by atoms with Crippen molar-refractivity contribution in [2.75, 3.05) is 13.1 Å². The molecule has 1 atom stereocenters. The van der Waals surface area contributed by atoms with Gasteiger partial charge < -0.3 is 10.1 Å². The summed E-state index contributed by atoms with van der Waals surface area (Å²) in [4.78, 5) is 12.9. The number of benzene rings is 2. The SMILES string of the molecule is CC(C)Oc1ccc(CNC(=O)[C@H]2CCCN(S(=O)(=O)c3ccccc3)C2)cc1. The fourth-order valence-corrected chi connectivity index (χ4v) is 4.95. The molecule has 1 fully saturated rings. The number of nitrogens with one attached hydrogen (secondary N) is 1. The lowest BCUT2D eigenvalue weighted by Crippen LogP contribution is -2.45. The average Bonchev–Trinajstić information content (AvgIpc) is 2.73. The molecule has 1 amide bonds. The molecular weight excluding hydrogens is 388 g/mol. The van der Waals surface area contributed by atoms with E-state index in [9.17, 15) is 13.2 Å². The Morgan fingerprint density at radius 2 is 1.83 bits per heavy atom. The maximum absolute atomic E-state index is 12.8. The monoisotopic (exact) mass is 416 g/mol. The highest BCUT2D eigenvalue weighted by molar-refractivity contribution is 7.89. The van der Waals surface area contributed by atoms with Crippen molar-refractivity contribution in [3.05, 3.63) is 60.2 Å². The van der Waals surface area contributed by atoms with Gasteiger partial charge in [-0.05, 0) is 56.5 Å². The molecule has 7 heteroatoms. The Bertz CT molecular complexity index is 912. The molecule has 1 aliphatic heterocycles. The molecule has 0 spiro atoms. The van der Waals surface area contributed by atoms with Crippen molar-refractivity contribution in [2.45, 2.75) is 44.2 Å². The minimum atomic E-state index is -3.57. The lowest BCUT2D eigenvalue weighted by atomic mass is 9.99. The van der Waals surface area contributed by atoms with E-state index in [4.69, 9.17) is 4.74 Å². The third-order valence-electron chi connectivity index (χ3n) is 4.90. The van der Waals surface area contributed by atoms with Gasteiger partial charge in [0.15, 0.2) is 0 Å². The number of hydrogen-bond acceptors (Lipinski definition) is 4. The fraction of sp³-hybridized carbons (Fsp3) is 0.409. The Labute approximate surface area is 172 Å². The standard InChI is InChI=1S/C22H28N2O4S/c1-17(2)28-20-12-10-18(11-13-20)15-23-22(25)19-7-6-14-24(16-19)29(26,27)21-8-4-3-5-9-21/h3-5,8-13,17,19H,6-7,14-16H2,1-2H3,(H,23,25)/t19-/m0/s1. The van der Waals surface area contributed by atoms with Crippen molar-refractivity contribution in [3.8, 4) is 5.75 Å². The fourth-order valence-electron chi connectivity index (χ4n) is 3.41. The van der Waals surface area contributed by atoms with E-state index < -0.39 is 10.0 Å². The summed E-state index contributed by atoms with van der Waals surface area (Å²) in [5, 5.41) is 2.94. The first-order valence-corrected chi connectivity index (χ1v) is 11.4. The number of amides is 1. The highest BCUT2D eigenvalue weighted by atomic mass is 32.2. The smallest absolute Gasteiger partial charge is 0.243 e. The summed E-state index contributed by atoms with van der Waals surface area (Å²) >= 11 is 0. The van der Waals surface area contributed by atoms with Gasteiger partial charge in [-0.25, -0.2) is 8.42 Å². The van der Waals surface area contributed by atoms with Gasteiger partial charge in [-0.3, -0.25) is 4.79 Å². The number of ether oxygens (including phenoxy) is 1. The van der Waals surface area contributed by atoms with Crippen LogP contribution < -0.4 is 10.1 Å². The Hall–Kier alpha value is -2.38. The van der Waals surface area contributed by atoms with Crippen molar-refractivity contribution in [1.29, 1.82) is 0 Å². The van der Waals surface area contributed by atoms with Crippen LogP contribution in [-0.2, 0) is 21.4 Å². The maximum Gasteiger partial charge on any atom is 0.243 e. The molecule has 29 heavy (non-hydrogen) atoms. The highest BCUT2D eigenvalue weighted by Gasteiger charge is 2.33. The van der Waals surface area contributed by atoms with Crippen LogP contribution in [-0.4, -0.2) is 37.8 Å². The van der Waals surface area contributed by atoms with E-state index in [1.165, 1.54) is 4.31 Å². The van der Waals surface area contributed by atoms with Gasteiger partial charge in [-0.2, -0.15) is 4.31 Å². The summed E-state index contributed by atoms with van der Waals surface area (Å²) in [7, 11) is -3.57. The van der Waals surface area contributed by atoms with Gasteiger partial charge >= 0.3 is 0 Å². The largest absolute Gasteiger partial charge is 0.491 e. The second-order valence-electron chi connectivity index (χ2n) is 7.54. The molecule has 0 radical (unpaired) electrons. The van der Waals surface area contributed by atoms with Crippen molar-refractivity contribution >= 4 is 15.9 Å². The summed E-state index contributed by atoms with van der Waals surface area (Å²) in [6, 6.07) is 16.0. The second kappa shape index (κ2) is 9.41. The molecule has 0 aliphatic carbocycles. The predicted octanol–water partition coefficient (Wildman–Crippen LogP) is 3.19. The van der Waals surface area contributed by atoms with Crippen molar-refractivity contribution in [1.82, 2.24) is 9.62 Å². The Morgan fingerprint density at radius 3 is 2.48 bits per heavy atom. The van der Waals surface area contributed by atoms with Crippen LogP contribution in [0.2, 0.25) is 0 Å². The van der Waals surface area contributed by atoms with Crippen LogP contribution in [0.4, 0.5) is 0 Å². The lowest BCUT2D eigenvalue weighted by Gasteiger charge is -2.31. The first-order valence-electron chi connectivity index (χ1n) is 9.95. The van der Waals surface area contributed by atoms with Gasteiger partial charge in [0.05, 0.1) is 16.9 Å². The van der Waals surface area contributed by atoms with Crippen LogP contribution in [0.25, 0.3) is 0 Å². The minimum absolute atomic E-state index is 0.111. The lowest BCUT2D eigenvalue weighted by molar-refractivity contribution is -0.126. The first-order chi connectivity index (χ1) is 13.9. The van der Waals surface area contributed by atoms with E-state index in [-0.39, 0.29) is 29.4 Å². The summed E-state index contributed by atoms with van der Waals surface area (Å²) in [5.41, 5.74) is 0.971. The summed E-state index contributed by atoms with van der Waals surface area (Å²) in [6.07, 6.45) is 1.47. The van der Waals surface area contributed by atoms with Crippen LogP contribution in [0, 0.1) is 5.92 Å². The van der Waals surface area contributed by atoms with Gasteiger partial charge in [-0.1, -0.05) is 30.3 Å². The molecule has 156 valence electrons. The molecule has 1 N–H and O–H groups in total. The zero-order valence-electron chi connectivity index (χ0n) is 16.9. The Morgan fingerprint density at radius 1 is 1.14 bits per heavy atom. The Balaban J connectivity index is 1.57. The van der Waals surface area contributed by atoms with Crippen LogP contribution >= 0.6 is 0 Å². The number of nitrogens with zero attached hydrogens (tertiary/aromatic N) is 1. The number of sulfonamides is 1. The number of hydrogen-bond donors (Lipinski definition) is 1. The van der Waals surface area contributed by atoms with E-state index in [2.05, 4.69) is 5.32 Å². The molecule has 1 aliphatic rings. The van der Waals surface area contributed by atoms with E-state index >= 15 is 0 Å². The van der Waals surface area contributed by atoms with E-state index in [1.807, 2.05) is 38.1 Å². The van der Waals surface area contributed by atoms with Gasteiger partial charge in [0, 0.05) is 19.6 Å². The zero-order valence-corrected chi connectivity index (χ0v) is 17.7. The topological polar surface area (TPSA) is 75.7 Å². The van der Waals surface area contributed by atoms with Crippen molar-refractivity contribution in [3.63, 3.8) is 0 Å². The van der Waals surface area contributed by atoms with E-state index in [1.54, 1.807) is 30.3 Å². The average molecular weight is 417 g/mol. The molecule has 0 bridgehead atoms. The second-order valence-corrected chi connectivity index (χ2v) is 9.48. The molecule has 0 aromatic heterocycles. The maximum atomic E-state index is 12.8. The van der Waals surface area contributed by atoms with Crippen LogP contribution in [0.15, 0.2) is 59.5 Å². The first kappa shape index (κ1) is 21.3. The van der Waals surface area contributed by atoms with Gasteiger partial charge in [0.1, 0.15) is 5.75 Å². The quantitative estimate of drug-likeness (QED) is 0.752. The van der Waals surface area contributed by atoms with E-state index in [0.29, 0.717) is 25.9 Å². The summed E-state index contributed by atoms with van der Waals surface area (Å²) in [6.45, 7) is 5.00. The highest BCUT2D eigenvalue weighted by Crippen LogP contribution is 2.24. The molecule has 0 unspecified atom stereocenters. The normalized spacial score (nSPS) is 17.8. The summed E-state index contributed by atoms with van der Waals surface area (Å²) in [5.74, 6) is 0.343. The minimum Gasteiger partial charge on any atom is -0.491 e. The molecule has 1 heterocycles. The number of rotatable bonds is 7.